The molecule has 0 aliphatic rings. The van der Waals surface area contributed by atoms with Gasteiger partial charge in [-0.15, -0.1) is 0 Å². The van der Waals surface area contributed by atoms with Gasteiger partial charge in [0.25, 0.3) is 0 Å². The van der Waals surface area contributed by atoms with E-state index < -0.39 is 17.4 Å². The van der Waals surface area contributed by atoms with Gasteiger partial charge in [0, 0.05) is 0 Å². The predicted molar refractivity (Wildman–Crippen MR) is 50.2 cm³/mol. The number of benzene rings is 1. The molecule has 4 nitrogen and oxygen atoms in total. The Morgan fingerprint density at radius 2 is 1.53 bits per heavy atom. The van der Waals surface area contributed by atoms with Gasteiger partial charge in [0.15, 0.2) is 5.41 Å². The summed E-state index contributed by atoms with van der Waals surface area (Å²) in [5.74, 6) is -2.73. The minimum Gasteiger partial charge on any atom is -1.00 e. The van der Waals surface area contributed by atoms with Gasteiger partial charge in [-0.3, -0.25) is 9.59 Å². The maximum Gasteiger partial charge on any atom is 1.00 e. The summed E-state index contributed by atoms with van der Waals surface area (Å²) >= 11 is 0. The second-order valence-electron chi connectivity index (χ2n) is 3.10. The van der Waals surface area contributed by atoms with E-state index in [1.54, 1.807) is 18.2 Å². The third kappa shape index (κ3) is 2.59. The molecule has 0 saturated carbocycles. The van der Waals surface area contributed by atoms with Crippen LogP contribution in [0, 0.1) is 0 Å². The molecule has 0 aliphatic heterocycles. The molecule has 0 fully saturated rings. The van der Waals surface area contributed by atoms with Gasteiger partial charge >= 0.3 is 41.5 Å². The van der Waals surface area contributed by atoms with Crippen LogP contribution < -0.4 is 29.6 Å². The average Bonchev–Trinajstić information content (AvgIpc) is 2.17. The molecule has 5 heteroatoms. The Kier molecular flexibility index (Phi) is 5.00. The molecular formula is C10H11NaO4. The zero-order chi connectivity index (χ0) is 10.8. The van der Waals surface area contributed by atoms with Crippen molar-refractivity contribution < 1.29 is 50.8 Å². The number of hydrogen-bond acceptors (Lipinski definition) is 2. The van der Waals surface area contributed by atoms with E-state index in [2.05, 4.69) is 0 Å². The third-order valence-electron chi connectivity index (χ3n) is 2.21. The molecule has 0 spiro atoms. The largest absolute Gasteiger partial charge is 1.00 e. The fourth-order valence-electron chi connectivity index (χ4n) is 1.11. The van der Waals surface area contributed by atoms with Crippen LogP contribution in [0.25, 0.3) is 0 Å². The molecular weight excluding hydrogens is 207 g/mol. The van der Waals surface area contributed by atoms with Crippen LogP contribution >= 0.6 is 0 Å². The number of rotatable bonds is 3. The zero-order valence-corrected chi connectivity index (χ0v) is 10.6. The summed E-state index contributed by atoms with van der Waals surface area (Å²) in [6, 6.07) is 7.90. The Bertz CT molecular complexity index is 352. The van der Waals surface area contributed by atoms with E-state index in [1.165, 1.54) is 19.1 Å². The summed E-state index contributed by atoms with van der Waals surface area (Å²) in [6.45, 7) is 1.17. The van der Waals surface area contributed by atoms with E-state index in [9.17, 15) is 9.59 Å². The second kappa shape index (κ2) is 5.30. The van der Waals surface area contributed by atoms with E-state index in [-0.39, 0.29) is 36.5 Å². The molecule has 1 rings (SSSR count). The third-order valence-corrected chi connectivity index (χ3v) is 2.21. The Hall–Kier alpha value is -0.840. The van der Waals surface area contributed by atoms with Crippen LogP contribution in [0.15, 0.2) is 30.3 Å². The first-order valence-electron chi connectivity index (χ1n) is 4.02. The Morgan fingerprint density at radius 1 is 1.13 bits per heavy atom. The summed E-state index contributed by atoms with van der Waals surface area (Å²) in [5, 5.41) is 17.8. The first kappa shape index (κ1) is 14.2. The maximum atomic E-state index is 10.9. The van der Waals surface area contributed by atoms with Crippen molar-refractivity contribution >= 4 is 11.9 Å². The SMILES string of the molecule is CC(C(=O)O)(C(=O)O)c1ccccc1.[H-].[Na+]. The fourth-order valence-corrected chi connectivity index (χ4v) is 1.11. The Labute approximate surface area is 111 Å². The van der Waals surface area contributed by atoms with Crippen LogP contribution in [-0.4, -0.2) is 22.2 Å². The van der Waals surface area contributed by atoms with Crippen molar-refractivity contribution in [1.29, 1.82) is 0 Å². The van der Waals surface area contributed by atoms with Crippen molar-refractivity contribution in [2.45, 2.75) is 12.3 Å². The quantitative estimate of drug-likeness (QED) is 0.465. The molecule has 1 aromatic carbocycles. The van der Waals surface area contributed by atoms with Crippen molar-refractivity contribution in [2.24, 2.45) is 0 Å². The second-order valence-corrected chi connectivity index (χ2v) is 3.10. The van der Waals surface area contributed by atoms with E-state index in [0.717, 1.165) is 0 Å². The fraction of sp³-hybridized carbons (Fsp3) is 0.200. The van der Waals surface area contributed by atoms with Crippen LogP contribution in [0.3, 0.4) is 0 Å². The number of hydrogen-bond donors (Lipinski definition) is 2. The first-order valence-corrected chi connectivity index (χ1v) is 4.02. The van der Waals surface area contributed by atoms with Crippen molar-refractivity contribution in [3.05, 3.63) is 35.9 Å². The van der Waals surface area contributed by atoms with Gasteiger partial charge in [-0.25, -0.2) is 0 Å². The topological polar surface area (TPSA) is 74.6 Å². The van der Waals surface area contributed by atoms with E-state index >= 15 is 0 Å². The molecule has 0 saturated heterocycles. The van der Waals surface area contributed by atoms with Gasteiger partial charge < -0.3 is 11.6 Å². The molecule has 0 bridgehead atoms. The number of carboxylic acids is 2. The molecule has 0 unspecified atom stereocenters. The standard InChI is InChI=1S/C10H10O4.Na.H/c1-10(8(11)12,9(13)14)7-5-3-2-4-6-7;;/h2-6H,1H3,(H,11,12)(H,13,14);;/q;+1;-1. The predicted octanol–water partition coefficient (Wildman–Crippen LogP) is -1.77. The van der Waals surface area contributed by atoms with Crippen molar-refractivity contribution in [3.8, 4) is 0 Å². The molecule has 0 radical (unpaired) electrons. The van der Waals surface area contributed by atoms with Crippen molar-refractivity contribution in [2.75, 3.05) is 0 Å². The summed E-state index contributed by atoms with van der Waals surface area (Å²) < 4.78 is 0. The normalized spacial score (nSPS) is 10.2. The van der Waals surface area contributed by atoms with Gasteiger partial charge in [-0.1, -0.05) is 30.3 Å². The van der Waals surface area contributed by atoms with Gasteiger partial charge in [-0.2, -0.15) is 0 Å². The molecule has 1 aromatic rings. The molecule has 0 aliphatic carbocycles. The number of aliphatic carboxylic acids is 2. The smallest absolute Gasteiger partial charge is 1.00 e. The Morgan fingerprint density at radius 3 is 1.87 bits per heavy atom. The van der Waals surface area contributed by atoms with Crippen molar-refractivity contribution in [3.63, 3.8) is 0 Å². The van der Waals surface area contributed by atoms with Crippen LogP contribution in [0.4, 0.5) is 0 Å². The summed E-state index contributed by atoms with van der Waals surface area (Å²) in [7, 11) is 0. The monoisotopic (exact) mass is 218 g/mol. The zero-order valence-electron chi connectivity index (χ0n) is 9.60. The minimum atomic E-state index is -1.87. The molecule has 0 heterocycles. The van der Waals surface area contributed by atoms with E-state index in [1.807, 2.05) is 0 Å². The molecule has 0 aromatic heterocycles. The summed E-state index contributed by atoms with van der Waals surface area (Å²) in [4.78, 5) is 21.8. The number of carboxylic acid groups (broad SMARTS) is 2. The number of carbonyl (C=O) groups is 2. The summed E-state index contributed by atoms with van der Waals surface area (Å²) in [6.07, 6.45) is 0. The minimum absolute atomic E-state index is 0. The molecule has 76 valence electrons. The molecule has 2 N–H and O–H groups in total. The van der Waals surface area contributed by atoms with Gasteiger partial charge in [0.05, 0.1) is 0 Å². The van der Waals surface area contributed by atoms with Crippen LogP contribution in [-0.2, 0) is 15.0 Å². The van der Waals surface area contributed by atoms with Crippen LogP contribution in [0.2, 0.25) is 0 Å². The van der Waals surface area contributed by atoms with Crippen LogP contribution in [0.5, 0.6) is 0 Å². The van der Waals surface area contributed by atoms with Gasteiger partial charge in [-0.05, 0) is 12.5 Å². The van der Waals surface area contributed by atoms with E-state index in [4.69, 9.17) is 10.2 Å². The van der Waals surface area contributed by atoms with Crippen LogP contribution in [0.1, 0.15) is 13.9 Å². The molecule has 15 heavy (non-hydrogen) atoms. The van der Waals surface area contributed by atoms with Gasteiger partial charge in [0.2, 0.25) is 0 Å². The average molecular weight is 218 g/mol. The van der Waals surface area contributed by atoms with Crippen molar-refractivity contribution in [1.82, 2.24) is 0 Å². The van der Waals surface area contributed by atoms with E-state index in [0.29, 0.717) is 0 Å². The summed E-state index contributed by atoms with van der Waals surface area (Å²) in [5.41, 5.74) is -1.61. The first-order chi connectivity index (χ1) is 6.49. The maximum absolute atomic E-state index is 10.9. The molecule has 0 amide bonds. The van der Waals surface area contributed by atoms with Gasteiger partial charge in [0.1, 0.15) is 0 Å². The molecule has 0 atom stereocenters. The Balaban J connectivity index is 0.